The molecule has 0 bridgehead atoms. The summed E-state index contributed by atoms with van der Waals surface area (Å²) in [5.74, 6) is 0.530. The zero-order valence-electron chi connectivity index (χ0n) is 14.1. The third kappa shape index (κ3) is 4.33. The lowest BCUT2D eigenvalue weighted by Gasteiger charge is -2.08. The molecule has 0 atom stereocenters. The summed E-state index contributed by atoms with van der Waals surface area (Å²) in [6, 6.07) is 12.9. The van der Waals surface area contributed by atoms with Crippen LogP contribution in [0.2, 0.25) is 5.02 Å². The molecular formula is C17H16ClN5O2S. The summed E-state index contributed by atoms with van der Waals surface area (Å²) in [5.41, 5.74) is 2.54. The SMILES string of the molecule is COc1ccc(NC(=O)CSc2nnnn2-c2cccc(C)c2)cc1Cl. The minimum atomic E-state index is -0.185. The zero-order valence-corrected chi connectivity index (χ0v) is 15.7. The van der Waals surface area contributed by atoms with Crippen LogP contribution in [0.25, 0.3) is 5.69 Å². The second-order valence-electron chi connectivity index (χ2n) is 5.40. The summed E-state index contributed by atoms with van der Waals surface area (Å²) in [6.07, 6.45) is 0. The Morgan fingerprint density at radius 2 is 2.15 bits per heavy atom. The number of hydrogen-bond acceptors (Lipinski definition) is 6. The third-order valence-corrected chi connectivity index (χ3v) is 4.67. The van der Waals surface area contributed by atoms with Crippen LogP contribution >= 0.6 is 23.4 Å². The Morgan fingerprint density at radius 3 is 2.88 bits per heavy atom. The van der Waals surface area contributed by atoms with Gasteiger partial charge in [-0.15, -0.1) is 5.10 Å². The number of nitrogens with zero attached hydrogens (tertiary/aromatic N) is 4. The smallest absolute Gasteiger partial charge is 0.234 e. The lowest BCUT2D eigenvalue weighted by molar-refractivity contribution is -0.113. The number of carbonyl (C=O) groups excluding carboxylic acids is 1. The molecule has 0 saturated carbocycles. The van der Waals surface area contributed by atoms with Crippen LogP contribution in [0, 0.1) is 6.92 Å². The standard InChI is InChI=1S/C17H16ClN5O2S/c1-11-4-3-5-13(8-11)23-17(20-21-22-23)26-10-16(24)19-12-6-7-15(25-2)14(18)9-12/h3-9H,10H2,1-2H3,(H,19,24). The second kappa shape index (κ2) is 8.20. The van der Waals surface area contributed by atoms with Crippen molar-refractivity contribution in [1.29, 1.82) is 0 Å². The van der Waals surface area contributed by atoms with Gasteiger partial charge in [-0.3, -0.25) is 4.79 Å². The number of tetrazole rings is 1. The molecule has 3 rings (SSSR count). The monoisotopic (exact) mass is 389 g/mol. The highest BCUT2D eigenvalue weighted by molar-refractivity contribution is 7.99. The van der Waals surface area contributed by atoms with Crippen LogP contribution in [-0.2, 0) is 4.79 Å². The summed E-state index contributed by atoms with van der Waals surface area (Å²) in [6.45, 7) is 1.99. The number of halogens is 1. The summed E-state index contributed by atoms with van der Waals surface area (Å²) in [4.78, 5) is 12.2. The molecule has 0 unspecified atom stereocenters. The number of hydrogen-bond donors (Lipinski definition) is 1. The van der Waals surface area contributed by atoms with E-state index in [0.29, 0.717) is 21.6 Å². The first-order valence-corrected chi connectivity index (χ1v) is 9.05. The fraction of sp³-hybridized carbons (Fsp3) is 0.176. The van der Waals surface area contributed by atoms with Gasteiger partial charge in [0.2, 0.25) is 11.1 Å². The molecule has 0 aliphatic heterocycles. The molecule has 2 aromatic carbocycles. The van der Waals surface area contributed by atoms with Gasteiger partial charge in [-0.1, -0.05) is 35.5 Å². The minimum absolute atomic E-state index is 0.163. The molecule has 1 N–H and O–H groups in total. The minimum Gasteiger partial charge on any atom is -0.495 e. The Bertz CT molecular complexity index is 931. The van der Waals surface area contributed by atoms with E-state index in [-0.39, 0.29) is 11.7 Å². The van der Waals surface area contributed by atoms with Gasteiger partial charge in [-0.05, 0) is 53.2 Å². The molecule has 1 aromatic heterocycles. The van der Waals surface area contributed by atoms with Crippen LogP contribution in [0.3, 0.4) is 0 Å². The largest absolute Gasteiger partial charge is 0.495 e. The predicted molar refractivity (Wildman–Crippen MR) is 101 cm³/mol. The van der Waals surface area contributed by atoms with Gasteiger partial charge in [0.05, 0.1) is 23.6 Å². The molecule has 9 heteroatoms. The number of amides is 1. The number of aromatic nitrogens is 4. The fourth-order valence-electron chi connectivity index (χ4n) is 2.26. The van der Waals surface area contributed by atoms with Crippen molar-refractivity contribution < 1.29 is 9.53 Å². The van der Waals surface area contributed by atoms with Gasteiger partial charge < -0.3 is 10.1 Å². The van der Waals surface area contributed by atoms with E-state index in [1.54, 1.807) is 22.9 Å². The first-order chi connectivity index (χ1) is 12.6. The Labute approximate surface area is 159 Å². The topological polar surface area (TPSA) is 81.9 Å². The molecule has 1 heterocycles. The molecule has 0 aliphatic rings. The Hall–Kier alpha value is -2.58. The Balaban J connectivity index is 1.64. The fourth-order valence-corrected chi connectivity index (χ4v) is 3.21. The third-order valence-electron chi connectivity index (χ3n) is 3.46. The summed E-state index contributed by atoms with van der Waals surface area (Å²) < 4.78 is 6.70. The maximum absolute atomic E-state index is 12.2. The van der Waals surface area contributed by atoms with E-state index in [0.717, 1.165) is 11.3 Å². The maximum atomic E-state index is 12.2. The number of anilines is 1. The average molecular weight is 390 g/mol. The number of ether oxygens (including phenoxy) is 1. The van der Waals surface area contributed by atoms with Gasteiger partial charge in [0.15, 0.2) is 0 Å². The van der Waals surface area contributed by atoms with Crippen molar-refractivity contribution in [2.75, 3.05) is 18.2 Å². The molecule has 0 spiro atoms. The van der Waals surface area contributed by atoms with Crippen LogP contribution in [0.5, 0.6) is 5.75 Å². The number of methoxy groups -OCH3 is 1. The van der Waals surface area contributed by atoms with E-state index in [9.17, 15) is 4.79 Å². The van der Waals surface area contributed by atoms with Crippen molar-refractivity contribution in [3.8, 4) is 11.4 Å². The highest BCUT2D eigenvalue weighted by atomic mass is 35.5. The van der Waals surface area contributed by atoms with Gasteiger partial charge in [0, 0.05) is 5.69 Å². The molecule has 0 fully saturated rings. The zero-order chi connectivity index (χ0) is 18.5. The van der Waals surface area contributed by atoms with E-state index in [1.165, 1.54) is 18.9 Å². The number of aryl methyl sites for hydroxylation is 1. The first-order valence-electron chi connectivity index (χ1n) is 7.68. The Morgan fingerprint density at radius 1 is 1.31 bits per heavy atom. The molecule has 0 radical (unpaired) electrons. The predicted octanol–water partition coefficient (Wildman–Crippen LogP) is 3.36. The molecule has 1 amide bonds. The highest BCUT2D eigenvalue weighted by Gasteiger charge is 2.12. The van der Waals surface area contributed by atoms with E-state index in [1.807, 2.05) is 31.2 Å². The van der Waals surface area contributed by atoms with Crippen LogP contribution < -0.4 is 10.1 Å². The molecule has 26 heavy (non-hydrogen) atoms. The number of rotatable bonds is 6. The number of carbonyl (C=O) groups is 1. The summed E-state index contributed by atoms with van der Waals surface area (Å²) >= 11 is 7.31. The second-order valence-corrected chi connectivity index (χ2v) is 6.75. The summed E-state index contributed by atoms with van der Waals surface area (Å²) in [7, 11) is 1.54. The molecular weight excluding hydrogens is 374 g/mol. The lowest BCUT2D eigenvalue weighted by Crippen LogP contribution is -2.14. The summed E-state index contributed by atoms with van der Waals surface area (Å²) in [5, 5.41) is 15.4. The average Bonchev–Trinajstić information content (AvgIpc) is 3.09. The number of benzene rings is 2. The van der Waals surface area contributed by atoms with Crippen molar-refractivity contribution in [1.82, 2.24) is 20.2 Å². The van der Waals surface area contributed by atoms with Crippen LogP contribution in [0.1, 0.15) is 5.56 Å². The van der Waals surface area contributed by atoms with Crippen molar-refractivity contribution >= 4 is 35.0 Å². The number of thioether (sulfide) groups is 1. The normalized spacial score (nSPS) is 10.6. The van der Waals surface area contributed by atoms with Crippen molar-refractivity contribution in [2.24, 2.45) is 0 Å². The van der Waals surface area contributed by atoms with E-state index < -0.39 is 0 Å². The molecule has 7 nitrogen and oxygen atoms in total. The highest BCUT2D eigenvalue weighted by Crippen LogP contribution is 2.27. The maximum Gasteiger partial charge on any atom is 0.234 e. The molecule has 3 aromatic rings. The molecule has 134 valence electrons. The lowest BCUT2D eigenvalue weighted by atomic mass is 10.2. The first kappa shape index (κ1) is 18.2. The van der Waals surface area contributed by atoms with E-state index >= 15 is 0 Å². The van der Waals surface area contributed by atoms with Gasteiger partial charge in [0.1, 0.15) is 5.75 Å². The van der Waals surface area contributed by atoms with E-state index in [4.69, 9.17) is 16.3 Å². The molecule has 0 aliphatic carbocycles. The van der Waals surface area contributed by atoms with Crippen molar-refractivity contribution in [3.63, 3.8) is 0 Å². The Kier molecular flexibility index (Phi) is 5.75. The van der Waals surface area contributed by atoms with Gasteiger partial charge >= 0.3 is 0 Å². The van der Waals surface area contributed by atoms with Gasteiger partial charge in [0.25, 0.3) is 0 Å². The quantitative estimate of drug-likeness (QED) is 0.651. The van der Waals surface area contributed by atoms with Crippen LogP contribution in [-0.4, -0.2) is 39.0 Å². The van der Waals surface area contributed by atoms with Crippen LogP contribution in [0.15, 0.2) is 47.6 Å². The van der Waals surface area contributed by atoms with Gasteiger partial charge in [-0.2, -0.15) is 4.68 Å². The van der Waals surface area contributed by atoms with Crippen molar-refractivity contribution in [2.45, 2.75) is 12.1 Å². The van der Waals surface area contributed by atoms with E-state index in [2.05, 4.69) is 20.8 Å². The van der Waals surface area contributed by atoms with Crippen molar-refractivity contribution in [3.05, 3.63) is 53.1 Å². The number of nitrogens with one attached hydrogen (secondary N) is 1. The van der Waals surface area contributed by atoms with Gasteiger partial charge in [-0.25, -0.2) is 0 Å². The molecule has 0 saturated heterocycles. The van der Waals surface area contributed by atoms with Crippen LogP contribution in [0.4, 0.5) is 5.69 Å².